The van der Waals surface area contributed by atoms with Gasteiger partial charge in [-0.1, -0.05) is 30.3 Å². The Morgan fingerprint density at radius 1 is 1.12 bits per heavy atom. The number of nitrogens with zero attached hydrogens (tertiary/aromatic N) is 2. The molecule has 0 heterocycles. The van der Waals surface area contributed by atoms with Crippen molar-refractivity contribution in [3.05, 3.63) is 70.3 Å². The number of nitro groups is 1. The zero-order chi connectivity index (χ0) is 18.0. The van der Waals surface area contributed by atoms with E-state index in [1.807, 2.05) is 37.3 Å². The summed E-state index contributed by atoms with van der Waals surface area (Å²) in [6, 6.07) is 14.4. The van der Waals surface area contributed by atoms with Crippen molar-refractivity contribution in [3.8, 4) is 0 Å². The summed E-state index contributed by atoms with van der Waals surface area (Å²) in [5, 5.41) is 10.8. The number of rotatable bonds is 7. The first-order valence-electron chi connectivity index (χ1n) is 8.20. The lowest BCUT2D eigenvalue weighted by Crippen LogP contribution is -2.39. The molecule has 25 heavy (non-hydrogen) atoms. The van der Waals surface area contributed by atoms with Crippen molar-refractivity contribution in [2.24, 2.45) is 5.92 Å². The molecular weight excluding hydrogens is 340 g/mol. The van der Waals surface area contributed by atoms with Crippen LogP contribution in [0.4, 0.5) is 5.69 Å². The van der Waals surface area contributed by atoms with E-state index in [-0.39, 0.29) is 23.2 Å². The monoisotopic (exact) mass is 360 g/mol. The van der Waals surface area contributed by atoms with Gasteiger partial charge in [-0.05, 0) is 43.4 Å². The van der Waals surface area contributed by atoms with Gasteiger partial charge in [0.1, 0.15) is 0 Å². The van der Waals surface area contributed by atoms with Crippen LogP contribution < -0.4 is 0 Å². The molecule has 7 heteroatoms. The minimum Gasteiger partial charge on any atom is -0.258 e. The second-order valence-corrected chi connectivity index (χ2v) is 8.26. The van der Waals surface area contributed by atoms with Crippen LogP contribution in [0.3, 0.4) is 0 Å². The van der Waals surface area contributed by atoms with E-state index in [1.165, 1.54) is 28.6 Å². The van der Waals surface area contributed by atoms with Crippen molar-refractivity contribution in [2.75, 3.05) is 0 Å². The Labute approximate surface area is 147 Å². The SMILES string of the molecule is CC(C1CC1)N(Cc1ccccc1)S(=O)(=O)c1ccc([N+](=O)[O-])cc1. The summed E-state index contributed by atoms with van der Waals surface area (Å²) in [5.74, 6) is 0.372. The van der Waals surface area contributed by atoms with Gasteiger partial charge >= 0.3 is 0 Å². The fourth-order valence-corrected chi connectivity index (χ4v) is 4.58. The summed E-state index contributed by atoms with van der Waals surface area (Å²) in [5.41, 5.74) is 0.796. The van der Waals surface area contributed by atoms with Gasteiger partial charge in [-0.15, -0.1) is 0 Å². The molecule has 1 aliphatic carbocycles. The average molecular weight is 360 g/mol. The van der Waals surface area contributed by atoms with Gasteiger partial charge in [-0.2, -0.15) is 4.31 Å². The Kier molecular flexibility index (Phi) is 4.87. The number of hydrogen-bond acceptors (Lipinski definition) is 4. The quantitative estimate of drug-likeness (QED) is 0.558. The molecule has 1 fully saturated rings. The molecule has 132 valence electrons. The number of benzene rings is 2. The molecule has 0 aromatic heterocycles. The van der Waals surface area contributed by atoms with Crippen LogP contribution in [0.15, 0.2) is 59.5 Å². The van der Waals surface area contributed by atoms with Gasteiger partial charge in [0.05, 0.1) is 9.82 Å². The van der Waals surface area contributed by atoms with Crippen molar-refractivity contribution < 1.29 is 13.3 Å². The molecule has 6 nitrogen and oxygen atoms in total. The highest BCUT2D eigenvalue weighted by Gasteiger charge is 2.38. The molecule has 0 spiro atoms. The molecule has 0 bridgehead atoms. The van der Waals surface area contributed by atoms with Gasteiger partial charge in [0.2, 0.25) is 10.0 Å². The lowest BCUT2D eigenvalue weighted by molar-refractivity contribution is -0.384. The third kappa shape index (κ3) is 3.88. The van der Waals surface area contributed by atoms with Crippen molar-refractivity contribution in [1.29, 1.82) is 0 Å². The first-order valence-corrected chi connectivity index (χ1v) is 9.64. The zero-order valence-electron chi connectivity index (χ0n) is 13.9. The first-order chi connectivity index (χ1) is 11.9. The minimum absolute atomic E-state index is 0.0848. The summed E-state index contributed by atoms with van der Waals surface area (Å²) in [6.45, 7) is 2.22. The molecular formula is C18H20N2O4S. The van der Waals surface area contributed by atoms with Gasteiger partial charge in [0.25, 0.3) is 5.69 Å². The van der Waals surface area contributed by atoms with E-state index in [1.54, 1.807) is 0 Å². The molecule has 2 aromatic rings. The molecule has 0 aliphatic heterocycles. The standard InChI is InChI=1S/C18H20N2O4S/c1-14(16-7-8-16)19(13-15-5-3-2-4-6-15)25(23,24)18-11-9-17(10-12-18)20(21)22/h2-6,9-12,14,16H,7-8,13H2,1H3. The molecule has 0 N–H and O–H groups in total. The fourth-order valence-electron chi connectivity index (χ4n) is 2.90. The van der Waals surface area contributed by atoms with Crippen LogP contribution in [0.1, 0.15) is 25.3 Å². The van der Waals surface area contributed by atoms with Crippen LogP contribution in [0.5, 0.6) is 0 Å². The van der Waals surface area contributed by atoms with Crippen molar-refractivity contribution in [3.63, 3.8) is 0 Å². The van der Waals surface area contributed by atoms with Crippen LogP contribution in [0.2, 0.25) is 0 Å². The van der Waals surface area contributed by atoms with Crippen LogP contribution in [0.25, 0.3) is 0 Å². The van der Waals surface area contributed by atoms with Crippen LogP contribution in [-0.4, -0.2) is 23.7 Å². The normalized spacial score (nSPS) is 15.9. The van der Waals surface area contributed by atoms with Crippen LogP contribution >= 0.6 is 0 Å². The molecule has 2 aromatic carbocycles. The smallest absolute Gasteiger partial charge is 0.258 e. The van der Waals surface area contributed by atoms with E-state index in [9.17, 15) is 18.5 Å². The largest absolute Gasteiger partial charge is 0.269 e. The Morgan fingerprint density at radius 3 is 2.24 bits per heavy atom. The lowest BCUT2D eigenvalue weighted by Gasteiger charge is -2.28. The summed E-state index contributed by atoms with van der Waals surface area (Å²) >= 11 is 0. The molecule has 0 radical (unpaired) electrons. The Balaban J connectivity index is 1.94. The van der Waals surface area contributed by atoms with Gasteiger partial charge < -0.3 is 0 Å². The summed E-state index contributed by atoms with van der Waals surface area (Å²) in [6.07, 6.45) is 2.06. The molecule has 1 atom stereocenters. The highest BCUT2D eigenvalue weighted by atomic mass is 32.2. The minimum atomic E-state index is -3.74. The van der Waals surface area contributed by atoms with Crippen LogP contribution in [-0.2, 0) is 16.6 Å². The van der Waals surface area contributed by atoms with Crippen molar-refractivity contribution in [2.45, 2.75) is 37.2 Å². The predicted molar refractivity (Wildman–Crippen MR) is 94.5 cm³/mol. The second kappa shape index (κ2) is 6.93. The van der Waals surface area contributed by atoms with Gasteiger partial charge in [-0.3, -0.25) is 10.1 Å². The highest BCUT2D eigenvalue weighted by Crippen LogP contribution is 2.38. The third-order valence-corrected chi connectivity index (χ3v) is 6.54. The van der Waals surface area contributed by atoms with Crippen LogP contribution in [0, 0.1) is 16.0 Å². The first kappa shape index (κ1) is 17.6. The predicted octanol–water partition coefficient (Wildman–Crippen LogP) is 3.58. The van der Waals surface area contributed by atoms with Gasteiger partial charge in [0.15, 0.2) is 0 Å². The number of sulfonamides is 1. The van der Waals surface area contributed by atoms with Gasteiger partial charge in [-0.25, -0.2) is 8.42 Å². The Bertz CT molecular complexity index is 846. The zero-order valence-corrected chi connectivity index (χ0v) is 14.7. The Morgan fingerprint density at radius 2 is 1.72 bits per heavy atom. The highest BCUT2D eigenvalue weighted by molar-refractivity contribution is 7.89. The summed E-state index contributed by atoms with van der Waals surface area (Å²) < 4.78 is 27.8. The second-order valence-electron chi connectivity index (χ2n) is 6.36. The van der Waals surface area contributed by atoms with E-state index < -0.39 is 14.9 Å². The molecule has 0 amide bonds. The van der Waals surface area contributed by atoms with E-state index in [0.29, 0.717) is 5.92 Å². The Hall–Kier alpha value is -2.25. The van der Waals surface area contributed by atoms with E-state index in [0.717, 1.165) is 18.4 Å². The van der Waals surface area contributed by atoms with E-state index in [2.05, 4.69) is 0 Å². The summed E-state index contributed by atoms with van der Waals surface area (Å²) in [7, 11) is -3.74. The van der Waals surface area contributed by atoms with E-state index >= 15 is 0 Å². The lowest BCUT2D eigenvalue weighted by atomic mass is 10.2. The van der Waals surface area contributed by atoms with E-state index in [4.69, 9.17) is 0 Å². The maximum atomic E-state index is 13.1. The maximum Gasteiger partial charge on any atom is 0.269 e. The molecule has 1 unspecified atom stereocenters. The number of nitro benzene ring substituents is 1. The van der Waals surface area contributed by atoms with Crippen molar-refractivity contribution in [1.82, 2.24) is 4.31 Å². The molecule has 0 saturated heterocycles. The molecule has 3 rings (SSSR count). The molecule has 1 aliphatic rings. The average Bonchev–Trinajstić information content (AvgIpc) is 3.45. The fraction of sp³-hybridized carbons (Fsp3) is 0.333. The van der Waals surface area contributed by atoms with Gasteiger partial charge in [0, 0.05) is 24.7 Å². The maximum absolute atomic E-state index is 13.1. The molecule has 1 saturated carbocycles. The van der Waals surface area contributed by atoms with Crippen molar-refractivity contribution >= 4 is 15.7 Å². The number of non-ortho nitro benzene ring substituents is 1. The topological polar surface area (TPSA) is 80.5 Å². The third-order valence-electron chi connectivity index (χ3n) is 4.59. The summed E-state index contributed by atoms with van der Waals surface area (Å²) in [4.78, 5) is 10.3. The number of hydrogen-bond donors (Lipinski definition) is 0.